The Morgan fingerprint density at radius 3 is 2.95 bits per heavy atom. The summed E-state index contributed by atoms with van der Waals surface area (Å²) >= 11 is 2.31. The summed E-state index contributed by atoms with van der Waals surface area (Å²) < 4.78 is 3.12. The summed E-state index contributed by atoms with van der Waals surface area (Å²) in [5.41, 5.74) is 1.85. The van der Waals surface area contributed by atoms with E-state index < -0.39 is 0 Å². The molecule has 0 amide bonds. The van der Waals surface area contributed by atoms with Crippen molar-refractivity contribution in [2.45, 2.75) is 13.3 Å². The van der Waals surface area contributed by atoms with E-state index in [9.17, 15) is 0 Å². The molecule has 0 aliphatic carbocycles. The summed E-state index contributed by atoms with van der Waals surface area (Å²) in [4.78, 5) is 9.01. The van der Waals surface area contributed by atoms with E-state index in [2.05, 4.69) is 56.2 Å². The van der Waals surface area contributed by atoms with Crippen LogP contribution in [0.15, 0.2) is 42.9 Å². The van der Waals surface area contributed by atoms with Crippen molar-refractivity contribution in [1.29, 1.82) is 0 Å². The van der Waals surface area contributed by atoms with Crippen LogP contribution in [0.25, 0.3) is 5.65 Å². The van der Waals surface area contributed by atoms with Crippen molar-refractivity contribution in [3.63, 3.8) is 0 Å². The van der Waals surface area contributed by atoms with Gasteiger partial charge in [-0.05, 0) is 41.1 Å². The second-order valence-corrected chi connectivity index (χ2v) is 5.83. The molecule has 2 aromatic heterocycles. The van der Waals surface area contributed by atoms with Gasteiger partial charge in [-0.25, -0.2) is 9.97 Å². The lowest BCUT2D eigenvalue weighted by Crippen LogP contribution is -2.06. The third-order valence-corrected chi connectivity index (χ3v) is 4.00. The van der Waals surface area contributed by atoms with E-state index in [0.29, 0.717) is 0 Å². The maximum Gasteiger partial charge on any atom is 0.180 e. The molecular formula is C15H16IN5. The summed E-state index contributed by atoms with van der Waals surface area (Å²) in [5, 5.41) is 6.69. The molecule has 3 rings (SSSR count). The molecule has 0 saturated carbocycles. The molecular weight excluding hydrogens is 377 g/mol. The Morgan fingerprint density at radius 1 is 1.29 bits per heavy atom. The first-order valence-corrected chi connectivity index (χ1v) is 7.95. The van der Waals surface area contributed by atoms with E-state index in [-0.39, 0.29) is 0 Å². The van der Waals surface area contributed by atoms with Crippen molar-refractivity contribution >= 4 is 45.6 Å². The number of hydrogen-bond donors (Lipinski definition) is 2. The van der Waals surface area contributed by atoms with Gasteiger partial charge in [0.25, 0.3) is 0 Å². The van der Waals surface area contributed by atoms with Crippen molar-refractivity contribution in [2.75, 3.05) is 17.2 Å². The van der Waals surface area contributed by atoms with Crippen molar-refractivity contribution in [1.82, 2.24) is 14.4 Å². The van der Waals surface area contributed by atoms with Crippen LogP contribution in [0.3, 0.4) is 0 Å². The fourth-order valence-electron chi connectivity index (χ4n) is 2.04. The number of para-hydroxylation sites is 1. The van der Waals surface area contributed by atoms with Crippen LogP contribution in [-0.2, 0) is 0 Å². The van der Waals surface area contributed by atoms with Crippen LogP contribution < -0.4 is 10.6 Å². The van der Waals surface area contributed by atoms with Crippen LogP contribution in [0.2, 0.25) is 0 Å². The molecule has 0 aliphatic heterocycles. The number of benzene rings is 1. The van der Waals surface area contributed by atoms with Crippen molar-refractivity contribution in [3.05, 3.63) is 46.4 Å². The van der Waals surface area contributed by atoms with Gasteiger partial charge in [0.1, 0.15) is 5.82 Å². The van der Waals surface area contributed by atoms with Gasteiger partial charge in [-0.3, -0.25) is 0 Å². The van der Waals surface area contributed by atoms with Crippen molar-refractivity contribution in [2.24, 2.45) is 0 Å². The van der Waals surface area contributed by atoms with Gasteiger partial charge < -0.3 is 15.0 Å². The van der Waals surface area contributed by atoms with Gasteiger partial charge in [0.15, 0.2) is 11.5 Å². The maximum atomic E-state index is 4.64. The van der Waals surface area contributed by atoms with Crippen LogP contribution in [0.4, 0.5) is 17.3 Å². The highest BCUT2D eigenvalue weighted by atomic mass is 127. The summed E-state index contributed by atoms with van der Waals surface area (Å²) in [7, 11) is 0. The maximum absolute atomic E-state index is 4.64. The summed E-state index contributed by atoms with van der Waals surface area (Å²) in [6.07, 6.45) is 6.72. The molecule has 0 aliphatic rings. The lowest BCUT2D eigenvalue weighted by Gasteiger charge is -2.11. The van der Waals surface area contributed by atoms with Crippen molar-refractivity contribution < 1.29 is 0 Å². The first-order valence-electron chi connectivity index (χ1n) is 6.87. The molecule has 2 heterocycles. The Kier molecular flexibility index (Phi) is 4.23. The van der Waals surface area contributed by atoms with E-state index in [4.69, 9.17) is 0 Å². The number of anilines is 3. The quantitative estimate of drug-likeness (QED) is 0.646. The molecule has 0 spiro atoms. The third-order valence-electron chi connectivity index (χ3n) is 3.06. The molecule has 0 atom stereocenters. The van der Waals surface area contributed by atoms with Crippen LogP contribution in [0.5, 0.6) is 0 Å². The number of nitrogens with one attached hydrogen (secondary N) is 2. The number of aromatic nitrogens is 3. The predicted octanol–water partition coefficient (Wildman–Crippen LogP) is 3.90. The minimum atomic E-state index is 0.755. The SMILES string of the molecule is CCCNc1cn2ccnc2c(Nc2ccccc2I)n1. The van der Waals surface area contributed by atoms with E-state index in [1.165, 1.54) is 0 Å². The van der Waals surface area contributed by atoms with Crippen LogP contribution >= 0.6 is 22.6 Å². The van der Waals surface area contributed by atoms with Gasteiger partial charge in [-0.1, -0.05) is 19.1 Å². The first-order chi connectivity index (χ1) is 10.3. The highest BCUT2D eigenvalue weighted by Crippen LogP contribution is 2.24. The molecule has 5 nitrogen and oxygen atoms in total. The van der Waals surface area contributed by atoms with Gasteiger partial charge in [-0.15, -0.1) is 0 Å². The minimum absolute atomic E-state index is 0.755. The Bertz CT molecular complexity index is 753. The second-order valence-electron chi connectivity index (χ2n) is 4.66. The zero-order valence-corrected chi connectivity index (χ0v) is 13.8. The molecule has 108 valence electrons. The zero-order chi connectivity index (χ0) is 14.7. The van der Waals surface area contributed by atoms with Gasteiger partial charge in [-0.2, -0.15) is 0 Å². The average Bonchev–Trinajstić information content (AvgIpc) is 2.96. The zero-order valence-electron chi connectivity index (χ0n) is 11.7. The molecule has 0 unspecified atom stereocenters. The first kappa shape index (κ1) is 14.1. The van der Waals surface area contributed by atoms with E-state index >= 15 is 0 Å². The predicted molar refractivity (Wildman–Crippen MR) is 94.2 cm³/mol. The Balaban J connectivity index is 2.00. The van der Waals surface area contributed by atoms with Gasteiger partial charge in [0.2, 0.25) is 0 Å². The normalized spacial score (nSPS) is 10.8. The lowest BCUT2D eigenvalue weighted by atomic mass is 10.3. The number of fused-ring (bicyclic) bond motifs is 1. The molecule has 0 fully saturated rings. The standard InChI is InChI=1S/C15H16IN5/c1-2-7-17-13-10-21-9-8-18-15(21)14(20-13)19-12-6-4-3-5-11(12)16/h3-6,8-10,17H,2,7H2,1H3,(H,19,20). The Morgan fingerprint density at radius 2 is 2.14 bits per heavy atom. The molecule has 3 aromatic rings. The van der Waals surface area contributed by atoms with Gasteiger partial charge >= 0.3 is 0 Å². The molecule has 1 aromatic carbocycles. The van der Waals surface area contributed by atoms with E-state index in [1.54, 1.807) is 6.20 Å². The molecule has 2 N–H and O–H groups in total. The third kappa shape index (κ3) is 3.10. The largest absolute Gasteiger partial charge is 0.369 e. The Hall–Kier alpha value is -1.83. The van der Waals surface area contributed by atoms with Gasteiger partial charge in [0.05, 0.1) is 11.9 Å². The highest BCUT2D eigenvalue weighted by Gasteiger charge is 2.09. The van der Waals surface area contributed by atoms with Crippen LogP contribution in [0.1, 0.15) is 13.3 Å². The Labute approximate surface area is 137 Å². The summed E-state index contributed by atoms with van der Waals surface area (Å²) in [6, 6.07) is 8.12. The minimum Gasteiger partial charge on any atom is -0.369 e. The molecule has 21 heavy (non-hydrogen) atoms. The molecule has 0 saturated heterocycles. The van der Waals surface area contributed by atoms with Crippen LogP contribution in [0, 0.1) is 3.57 Å². The number of imidazole rings is 1. The smallest absolute Gasteiger partial charge is 0.180 e. The van der Waals surface area contributed by atoms with Crippen LogP contribution in [-0.4, -0.2) is 20.9 Å². The van der Waals surface area contributed by atoms with E-state index in [0.717, 1.165) is 39.5 Å². The monoisotopic (exact) mass is 393 g/mol. The fraction of sp³-hybridized carbons (Fsp3) is 0.200. The summed E-state index contributed by atoms with van der Waals surface area (Å²) in [6.45, 7) is 3.03. The number of nitrogens with zero attached hydrogens (tertiary/aromatic N) is 3. The molecule has 6 heteroatoms. The molecule has 0 bridgehead atoms. The van der Waals surface area contributed by atoms with E-state index in [1.807, 2.05) is 35.0 Å². The molecule has 0 radical (unpaired) electrons. The summed E-state index contributed by atoms with van der Waals surface area (Å²) in [5.74, 6) is 1.60. The van der Waals surface area contributed by atoms with Crippen molar-refractivity contribution in [3.8, 4) is 0 Å². The fourth-order valence-corrected chi connectivity index (χ4v) is 2.57. The van der Waals surface area contributed by atoms with Gasteiger partial charge in [0, 0.05) is 22.5 Å². The second kappa shape index (κ2) is 6.30. The number of rotatable bonds is 5. The lowest BCUT2D eigenvalue weighted by molar-refractivity contribution is 0.962. The number of hydrogen-bond acceptors (Lipinski definition) is 4. The average molecular weight is 393 g/mol. The highest BCUT2D eigenvalue weighted by molar-refractivity contribution is 14.1. The topological polar surface area (TPSA) is 54.2 Å². The number of halogens is 1.